The van der Waals surface area contributed by atoms with Crippen LogP contribution >= 0.6 is 0 Å². The largest absolute Gasteiger partial charge is 0.416 e. The Morgan fingerprint density at radius 3 is 2.40 bits per heavy atom. The molecule has 1 fully saturated rings. The summed E-state index contributed by atoms with van der Waals surface area (Å²) in [5, 5.41) is -0.692. The van der Waals surface area contributed by atoms with Crippen molar-refractivity contribution in [1.29, 1.82) is 0 Å². The molecule has 0 radical (unpaired) electrons. The summed E-state index contributed by atoms with van der Waals surface area (Å²) in [6.07, 6.45) is -4.52. The minimum absolute atomic E-state index is 0.0724. The standard InChI is InChI=1S/C12H14F3NO3S/c1-8(16-20(17,18)9-6-19-7-9)10-4-2-3-5-11(10)12(13,14)15/h2-5,8-9,16H,6-7H2,1H3. The summed E-state index contributed by atoms with van der Waals surface area (Å²) in [4.78, 5) is 0. The topological polar surface area (TPSA) is 55.4 Å². The van der Waals surface area contributed by atoms with Gasteiger partial charge in [-0.2, -0.15) is 13.2 Å². The van der Waals surface area contributed by atoms with E-state index < -0.39 is 33.1 Å². The predicted octanol–water partition coefficient (Wildman–Crippen LogP) is 2.08. The number of halogens is 3. The second-order valence-electron chi connectivity index (χ2n) is 4.63. The molecule has 1 aliphatic rings. The molecule has 1 heterocycles. The molecule has 1 atom stereocenters. The lowest BCUT2D eigenvalue weighted by atomic mass is 10.0. The van der Waals surface area contributed by atoms with Crippen molar-refractivity contribution in [2.75, 3.05) is 13.2 Å². The molecule has 1 saturated heterocycles. The highest BCUT2D eigenvalue weighted by molar-refractivity contribution is 7.90. The quantitative estimate of drug-likeness (QED) is 0.926. The van der Waals surface area contributed by atoms with Crippen molar-refractivity contribution in [1.82, 2.24) is 4.72 Å². The third kappa shape index (κ3) is 3.13. The number of nitrogens with one attached hydrogen (secondary N) is 1. The molecule has 8 heteroatoms. The number of rotatable bonds is 4. The van der Waals surface area contributed by atoms with Gasteiger partial charge in [0.15, 0.2) is 0 Å². The summed E-state index contributed by atoms with van der Waals surface area (Å²) in [7, 11) is -3.68. The Labute approximate surface area is 115 Å². The molecule has 1 N–H and O–H groups in total. The van der Waals surface area contributed by atoms with Crippen LogP contribution in [0.5, 0.6) is 0 Å². The highest BCUT2D eigenvalue weighted by Crippen LogP contribution is 2.34. The monoisotopic (exact) mass is 309 g/mol. The van der Waals surface area contributed by atoms with Crippen molar-refractivity contribution in [2.24, 2.45) is 0 Å². The van der Waals surface area contributed by atoms with Gasteiger partial charge < -0.3 is 4.74 Å². The molecule has 1 aliphatic heterocycles. The van der Waals surface area contributed by atoms with Crippen LogP contribution in [0.4, 0.5) is 13.2 Å². The first-order valence-corrected chi connectivity index (χ1v) is 7.51. The zero-order valence-corrected chi connectivity index (χ0v) is 11.5. The normalized spacial score (nSPS) is 18.6. The lowest BCUT2D eigenvalue weighted by molar-refractivity contribution is -0.138. The minimum atomic E-state index is -4.52. The Kier molecular flexibility index (Phi) is 4.08. The number of hydrogen-bond donors (Lipinski definition) is 1. The van der Waals surface area contributed by atoms with E-state index in [1.54, 1.807) is 0 Å². The average molecular weight is 309 g/mol. The smallest absolute Gasteiger partial charge is 0.378 e. The Hall–Kier alpha value is -1.12. The van der Waals surface area contributed by atoms with E-state index >= 15 is 0 Å². The Morgan fingerprint density at radius 2 is 1.90 bits per heavy atom. The van der Waals surface area contributed by atoms with Gasteiger partial charge in [0, 0.05) is 6.04 Å². The van der Waals surface area contributed by atoms with Crippen molar-refractivity contribution in [2.45, 2.75) is 24.4 Å². The van der Waals surface area contributed by atoms with Gasteiger partial charge in [-0.1, -0.05) is 18.2 Å². The number of benzene rings is 1. The maximum Gasteiger partial charge on any atom is 0.416 e. The number of hydrogen-bond acceptors (Lipinski definition) is 3. The summed E-state index contributed by atoms with van der Waals surface area (Å²) in [5.74, 6) is 0. The minimum Gasteiger partial charge on any atom is -0.378 e. The second kappa shape index (κ2) is 5.34. The van der Waals surface area contributed by atoms with Crippen molar-refractivity contribution < 1.29 is 26.3 Å². The SMILES string of the molecule is CC(NS(=O)(=O)C1COC1)c1ccccc1C(F)(F)F. The first-order chi connectivity index (χ1) is 9.22. The fraction of sp³-hybridized carbons (Fsp3) is 0.500. The summed E-state index contributed by atoms with van der Waals surface area (Å²) >= 11 is 0. The number of alkyl halides is 3. The molecule has 0 aromatic heterocycles. The maximum atomic E-state index is 12.9. The molecular formula is C12H14F3NO3S. The van der Waals surface area contributed by atoms with Crippen molar-refractivity contribution >= 4 is 10.0 Å². The molecule has 0 spiro atoms. The maximum absolute atomic E-state index is 12.9. The Balaban J connectivity index is 2.23. The Morgan fingerprint density at radius 1 is 1.30 bits per heavy atom. The molecule has 1 unspecified atom stereocenters. The Bertz CT molecular complexity index is 582. The van der Waals surface area contributed by atoms with Gasteiger partial charge in [0.2, 0.25) is 10.0 Å². The molecule has 1 aromatic rings. The summed E-state index contributed by atoms with van der Waals surface area (Å²) in [5.41, 5.74) is -0.927. The molecular weight excluding hydrogens is 295 g/mol. The van der Waals surface area contributed by atoms with E-state index in [1.165, 1.54) is 25.1 Å². The van der Waals surface area contributed by atoms with Gasteiger partial charge in [-0.15, -0.1) is 0 Å². The highest BCUT2D eigenvalue weighted by atomic mass is 32.2. The summed E-state index contributed by atoms with van der Waals surface area (Å²) < 4.78 is 69.5. The van der Waals surface area contributed by atoms with Crippen LogP contribution in [0.15, 0.2) is 24.3 Å². The van der Waals surface area contributed by atoms with E-state index in [4.69, 9.17) is 4.74 Å². The summed E-state index contributed by atoms with van der Waals surface area (Å²) in [6.45, 7) is 1.54. The van der Waals surface area contributed by atoms with E-state index in [-0.39, 0.29) is 18.8 Å². The molecule has 4 nitrogen and oxygen atoms in total. The van der Waals surface area contributed by atoms with Crippen LogP contribution in [-0.2, 0) is 20.9 Å². The first kappa shape index (κ1) is 15.3. The van der Waals surface area contributed by atoms with E-state index in [1.807, 2.05) is 0 Å². The van der Waals surface area contributed by atoms with Crippen LogP contribution in [0.1, 0.15) is 24.1 Å². The molecule has 2 rings (SSSR count). The second-order valence-corrected chi connectivity index (χ2v) is 6.62. The van der Waals surface area contributed by atoms with Gasteiger partial charge in [-0.25, -0.2) is 13.1 Å². The first-order valence-electron chi connectivity index (χ1n) is 5.97. The zero-order valence-electron chi connectivity index (χ0n) is 10.6. The van der Waals surface area contributed by atoms with Crippen LogP contribution in [-0.4, -0.2) is 26.9 Å². The lowest BCUT2D eigenvalue weighted by Gasteiger charge is -2.28. The van der Waals surface area contributed by atoms with Crippen molar-refractivity contribution in [3.05, 3.63) is 35.4 Å². The zero-order chi connectivity index (χ0) is 15.0. The van der Waals surface area contributed by atoms with Crippen LogP contribution in [0.3, 0.4) is 0 Å². The molecule has 1 aromatic carbocycles. The van der Waals surface area contributed by atoms with Gasteiger partial charge in [-0.05, 0) is 18.6 Å². The lowest BCUT2D eigenvalue weighted by Crippen LogP contribution is -2.47. The van der Waals surface area contributed by atoms with Crippen LogP contribution in [0, 0.1) is 0 Å². The highest BCUT2D eigenvalue weighted by Gasteiger charge is 2.37. The van der Waals surface area contributed by atoms with Crippen LogP contribution < -0.4 is 4.72 Å². The van der Waals surface area contributed by atoms with Gasteiger partial charge >= 0.3 is 6.18 Å². The van der Waals surface area contributed by atoms with Crippen LogP contribution in [0.25, 0.3) is 0 Å². The van der Waals surface area contributed by atoms with Crippen molar-refractivity contribution in [3.63, 3.8) is 0 Å². The fourth-order valence-corrected chi connectivity index (χ4v) is 3.30. The average Bonchev–Trinajstić information content (AvgIpc) is 2.24. The molecule has 112 valence electrons. The number of ether oxygens (including phenoxy) is 1. The van der Waals surface area contributed by atoms with Gasteiger partial charge in [0.25, 0.3) is 0 Å². The van der Waals surface area contributed by atoms with Gasteiger partial charge in [0.1, 0.15) is 5.25 Å². The van der Waals surface area contributed by atoms with E-state index in [9.17, 15) is 21.6 Å². The van der Waals surface area contributed by atoms with Crippen LogP contribution in [0.2, 0.25) is 0 Å². The third-order valence-corrected chi connectivity index (χ3v) is 4.95. The van der Waals surface area contributed by atoms with E-state index in [0.29, 0.717) is 0 Å². The number of sulfonamides is 1. The molecule has 20 heavy (non-hydrogen) atoms. The van der Waals surface area contributed by atoms with Gasteiger partial charge in [-0.3, -0.25) is 0 Å². The molecule has 0 amide bonds. The van der Waals surface area contributed by atoms with Crippen molar-refractivity contribution in [3.8, 4) is 0 Å². The van der Waals surface area contributed by atoms with Gasteiger partial charge in [0.05, 0.1) is 18.8 Å². The van der Waals surface area contributed by atoms with E-state index in [0.717, 1.165) is 6.07 Å². The fourth-order valence-electron chi connectivity index (χ4n) is 1.93. The molecule has 0 bridgehead atoms. The third-order valence-electron chi connectivity index (χ3n) is 3.12. The van der Waals surface area contributed by atoms with E-state index in [2.05, 4.69) is 4.72 Å². The molecule has 0 aliphatic carbocycles. The predicted molar refractivity (Wildman–Crippen MR) is 66.5 cm³/mol. The molecule has 0 saturated carbocycles. The summed E-state index contributed by atoms with van der Waals surface area (Å²) in [6, 6.07) is 3.97.